The lowest BCUT2D eigenvalue weighted by molar-refractivity contribution is -0.130. The first-order chi connectivity index (χ1) is 16.4. The zero-order chi connectivity index (χ0) is 25.9. The largest absolute Gasteiger partial charge is 0.506 e. The van der Waals surface area contributed by atoms with Crippen LogP contribution in [0.25, 0.3) is 0 Å². The van der Waals surface area contributed by atoms with Gasteiger partial charge in [-0.2, -0.15) is 0 Å². The summed E-state index contributed by atoms with van der Waals surface area (Å²) < 4.78 is 1.88. The van der Waals surface area contributed by atoms with Gasteiger partial charge in [0, 0.05) is 37.3 Å². The van der Waals surface area contributed by atoms with Crippen molar-refractivity contribution in [3.8, 4) is 5.75 Å². The maximum absolute atomic E-state index is 13.0. The van der Waals surface area contributed by atoms with Gasteiger partial charge in [-0.05, 0) is 37.2 Å². The van der Waals surface area contributed by atoms with Crippen LogP contribution in [0.2, 0.25) is 5.02 Å². The molecule has 190 valence electrons. The van der Waals surface area contributed by atoms with Crippen molar-refractivity contribution >= 4 is 29.1 Å². The first-order valence-electron chi connectivity index (χ1n) is 11.6. The van der Waals surface area contributed by atoms with Crippen LogP contribution in [-0.4, -0.2) is 76.0 Å². The third kappa shape index (κ3) is 6.35. The Bertz CT molecular complexity index is 1100. The summed E-state index contributed by atoms with van der Waals surface area (Å²) in [5.74, 6) is 0.347. The molecule has 1 saturated heterocycles. The van der Waals surface area contributed by atoms with Crippen molar-refractivity contribution in [3.63, 3.8) is 0 Å². The number of carbonyl (C=O) groups is 2. The van der Waals surface area contributed by atoms with Gasteiger partial charge < -0.3 is 30.1 Å². The number of nitrogens with one attached hydrogen (secondary N) is 2. The van der Waals surface area contributed by atoms with E-state index < -0.39 is 0 Å². The van der Waals surface area contributed by atoms with Crippen LogP contribution in [0.15, 0.2) is 31.0 Å². The molecule has 1 aliphatic rings. The molecule has 1 fully saturated rings. The molecule has 1 aromatic carbocycles. The van der Waals surface area contributed by atoms with Crippen LogP contribution in [0.3, 0.4) is 0 Å². The summed E-state index contributed by atoms with van der Waals surface area (Å²) in [6.45, 7) is 12.2. The van der Waals surface area contributed by atoms with Crippen molar-refractivity contribution in [1.29, 1.82) is 0 Å². The number of halogens is 1. The number of phenols is 1. The second kappa shape index (κ2) is 10.7. The monoisotopic (exact) mass is 502 g/mol. The number of nitrogens with zero attached hydrogens (tertiary/aromatic N) is 4. The molecule has 10 heteroatoms. The highest BCUT2D eigenvalue weighted by Gasteiger charge is 2.31. The van der Waals surface area contributed by atoms with E-state index in [2.05, 4.69) is 43.0 Å². The highest BCUT2D eigenvalue weighted by Crippen LogP contribution is 2.37. The summed E-state index contributed by atoms with van der Waals surface area (Å²) >= 11 is 6.35. The van der Waals surface area contributed by atoms with Crippen molar-refractivity contribution in [2.75, 3.05) is 39.0 Å². The summed E-state index contributed by atoms with van der Waals surface area (Å²) in [7, 11) is 3.93. The predicted octanol–water partition coefficient (Wildman–Crippen LogP) is 2.84. The predicted molar refractivity (Wildman–Crippen MR) is 138 cm³/mol. The Kier molecular flexibility index (Phi) is 8.12. The van der Waals surface area contributed by atoms with Crippen LogP contribution < -0.4 is 10.6 Å². The molecule has 35 heavy (non-hydrogen) atoms. The van der Waals surface area contributed by atoms with Crippen molar-refractivity contribution in [2.24, 2.45) is 0 Å². The number of likely N-dealkylation sites (N-methyl/N-ethyl adjacent to an activating group) is 1. The Morgan fingerprint density at radius 2 is 2.00 bits per heavy atom. The lowest BCUT2D eigenvalue weighted by atomic mass is 9.86. The van der Waals surface area contributed by atoms with E-state index in [4.69, 9.17) is 11.6 Å². The van der Waals surface area contributed by atoms with E-state index in [0.29, 0.717) is 48.4 Å². The average Bonchev–Trinajstić information content (AvgIpc) is 3.15. The van der Waals surface area contributed by atoms with E-state index >= 15 is 0 Å². The highest BCUT2D eigenvalue weighted by atomic mass is 35.5. The fraction of sp³-hybridized carbons (Fsp3) is 0.480. The minimum Gasteiger partial charge on any atom is -0.506 e. The third-order valence-corrected chi connectivity index (χ3v) is 6.29. The number of rotatable bonds is 9. The first kappa shape index (κ1) is 26.6. The fourth-order valence-electron chi connectivity index (χ4n) is 3.88. The molecule has 3 rings (SSSR count). The van der Waals surface area contributed by atoms with Crippen LogP contribution in [0, 0.1) is 0 Å². The van der Waals surface area contributed by atoms with Crippen molar-refractivity contribution in [2.45, 2.75) is 45.3 Å². The number of aromatic hydroxyl groups is 1. The Balaban J connectivity index is 1.76. The van der Waals surface area contributed by atoms with Crippen LogP contribution in [-0.2, 0) is 23.3 Å². The second-order valence-electron chi connectivity index (χ2n) is 10.1. The molecule has 1 aliphatic heterocycles. The van der Waals surface area contributed by atoms with Crippen molar-refractivity contribution in [1.82, 2.24) is 24.7 Å². The lowest BCUT2D eigenvalue weighted by Crippen LogP contribution is -2.60. The quantitative estimate of drug-likeness (QED) is 0.360. The number of hydrogen-bond donors (Lipinski definition) is 3. The zero-order valence-electron chi connectivity index (χ0n) is 21.1. The second-order valence-corrected chi connectivity index (χ2v) is 10.5. The molecule has 0 atom stereocenters. The van der Waals surface area contributed by atoms with Gasteiger partial charge in [0.1, 0.15) is 17.3 Å². The van der Waals surface area contributed by atoms with Crippen molar-refractivity contribution in [3.05, 3.63) is 53.1 Å². The number of aromatic nitrogens is 2. The standard InChI is InChI=1S/C25H35ClN6O3/c1-7-23(34)31-14-16(15-31)29-24(35)20-12-28-22(32(20)9-8-30(5)6)13-27-19-10-17(25(2,3)4)18(26)11-21(19)33/h7,10-12,16,27,33H,1,8-9,13-15H2,2-6H3,(H,29,35). The SMILES string of the molecule is C=CC(=O)N1CC(NC(=O)c2cnc(CNc3cc(C(C)(C)C)c(Cl)cc3O)n2CCN(C)C)C1. The van der Waals surface area contributed by atoms with Crippen LogP contribution in [0.4, 0.5) is 5.69 Å². The summed E-state index contributed by atoms with van der Waals surface area (Å²) in [6, 6.07) is 3.29. The molecular formula is C25H35ClN6O3. The van der Waals surface area contributed by atoms with E-state index in [0.717, 1.165) is 12.1 Å². The van der Waals surface area contributed by atoms with E-state index in [1.165, 1.54) is 6.08 Å². The molecule has 2 amide bonds. The Morgan fingerprint density at radius 1 is 1.31 bits per heavy atom. The molecule has 0 bridgehead atoms. The molecule has 0 unspecified atom stereocenters. The highest BCUT2D eigenvalue weighted by molar-refractivity contribution is 6.31. The maximum Gasteiger partial charge on any atom is 0.269 e. The van der Waals surface area contributed by atoms with Gasteiger partial charge in [-0.25, -0.2) is 4.98 Å². The average molecular weight is 503 g/mol. The summed E-state index contributed by atoms with van der Waals surface area (Å²) in [4.78, 5) is 32.8. The summed E-state index contributed by atoms with van der Waals surface area (Å²) in [6.07, 6.45) is 2.84. The number of anilines is 1. The molecule has 9 nitrogen and oxygen atoms in total. The number of benzene rings is 1. The van der Waals surface area contributed by atoms with Gasteiger partial charge in [0.2, 0.25) is 5.91 Å². The molecule has 3 N–H and O–H groups in total. The number of carbonyl (C=O) groups excluding carboxylic acids is 2. The maximum atomic E-state index is 13.0. The molecule has 2 aromatic rings. The van der Waals surface area contributed by atoms with E-state index in [-0.39, 0.29) is 29.0 Å². The number of likely N-dealkylation sites (tertiary alicyclic amines) is 1. The van der Waals surface area contributed by atoms with Gasteiger partial charge in [0.05, 0.1) is 24.5 Å². The van der Waals surface area contributed by atoms with Gasteiger partial charge in [-0.15, -0.1) is 0 Å². The number of amides is 2. The first-order valence-corrected chi connectivity index (χ1v) is 12.0. The normalized spacial score (nSPS) is 14.1. The Labute approximate surface area is 211 Å². The van der Waals surface area contributed by atoms with E-state index in [1.807, 2.05) is 29.6 Å². The Hall–Kier alpha value is -3.04. The fourth-order valence-corrected chi connectivity index (χ4v) is 4.32. The number of imidazole rings is 1. The lowest BCUT2D eigenvalue weighted by Gasteiger charge is -2.38. The van der Waals surface area contributed by atoms with Crippen LogP contribution in [0.1, 0.15) is 42.6 Å². The Morgan fingerprint density at radius 3 is 2.60 bits per heavy atom. The number of phenolic OH excluding ortho intramolecular Hbond substituents is 1. The third-order valence-electron chi connectivity index (χ3n) is 5.98. The molecular weight excluding hydrogens is 468 g/mol. The number of hydrogen-bond acceptors (Lipinski definition) is 6. The van der Waals surface area contributed by atoms with Crippen LogP contribution in [0.5, 0.6) is 5.75 Å². The molecule has 0 radical (unpaired) electrons. The van der Waals surface area contributed by atoms with Gasteiger partial charge in [-0.1, -0.05) is 39.0 Å². The van der Waals surface area contributed by atoms with E-state index in [9.17, 15) is 14.7 Å². The summed E-state index contributed by atoms with van der Waals surface area (Å²) in [5.41, 5.74) is 1.73. The minimum absolute atomic E-state index is 0.0518. The molecule has 1 aromatic heterocycles. The molecule has 2 heterocycles. The molecule has 0 saturated carbocycles. The topological polar surface area (TPSA) is 103 Å². The van der Waals surface area contributed by atoms with Crippen LogP contribution >= 0.6 is 11.6 Å². The van der Waals surface area contributed by atoms with E-state index in [1.54, 1.807) is 17.2 Å². The van der Waals surface area contributed by atoms with Gasteiger partial charge in [0.15, 0.2) is 0 Å². The smallest absolute Gasteiger partial charge is 0.269 e. The minimum atomic E-state index is -0.234. The molecule has 0 spiro atoms. The van der Waals surface area contributed by atoms with Gasteiger partial charge in [-0.3, -0.25) is 9.59 Å². The van der Waals surface area contributed by atoms with Crippen molar-refractivity contribution < 1.29 is 14.7 Å². The van der Waals surface area contributed by atoms with Gasteiger partial charge in [0.25, 0.3) is 5.91 Å². The molecule has 0 aliphatic carbocycles. The zero-order valence-corrected chi connectivity index (χ0v) is 21.8. The summed E-state index contributed by atoms with van der Waals surface area (Å²) in [5, 5.41) is 17.2. The van der Waals surface area contributed by atoms with Gasteiger partial charge >= 0.3 is 0 Å².